The summed E-state index contributed by atoms with van der Waals surface area (Å²) >= 11 is 0. The predicted octanol–water partition coefficient (Wildman–Crippen LogP) is 2.95. The highest BCUT2D eigenvalue weighted by Gasteiger charge is 2.27. The smallest absolute Gasteiger partial charge is 0.272 e. The molecule has 3 rings (SSSR count). The van der Waals surface area contributed by atoms with Crippen molar-refractivity contribution in [3.05, 3.63) is 59.4 Å². The Kier molecular flexibility index (Phi) is 4.85. The minimum atomic E-state index is -0.287. The van der Waals surface area contributed by atoms with Crippen molar-refractivity contribution in [2.24, 2.45) is 0 Å². The van der Waals surface area contributed by atoms with Crippen molar-refractivity contribution in [3.63, 3.8) is 0 Å². The Morgan fingerprint density at radius 2 is 2.04 bits per heavy atom. The third-order valence-electron chi connectivity index (χ3n) is 4.01. The van der Waals surface area contributed by atoms with Crippen molar-refractivity contribution in [3.8, 4) is 0 Å². The standard InChI is InChI=1S/C18H20FN3O2/c1-12(2)17-20-8-7-15(21-17)18(23)22-9-10-24-16(11-22)13-3-5-14(19)6-4-13/h3-8,12,16H,9-11H2,1-2H3/t16-/m0/s1. The van der Waals surface area contributed by atoms with Crippen LogP contribution in [-0.4, -0.2) is 40.5 Å². The highest BCUT2D eigenvalue weighted by Crippen LogP contribution is 2.23. The number of rotatable bonds is 3. The Balaban J connectivity index is 1.75. The zero-order chi connectivity index (χ0) is 17.1. The summed E-state index contributed by atoms with van der Waals surface area (Å²) in [5.74, 6) is 0.401. The monoisotopic (exact) mass is 329 g/mol. The first kappa shape index (κ1) is 16.5. The van der Waals surface area contributed by atoms with E-state index in [4.69, 9.17) is 4.74 Å². The maximum atomic E-state index is 13.1. The molecule has 1 atom stereocenters. The lowest BCUT2D eigenvalue weighted by molar-refractivity contribution is -0.0230. The predicted molar refractivity (Wildman–Crippen MR) is 87.1 cm³/mol. The van der Waals surface area contributed by atoms with E-state index in [1.54, 1.807) is 29.3 Å². The molecule has 1 fully saturated rings. The SMILES string of the molecule is CC(C)c1nccc(C(=O)N2CCO[C@H](c3ccc(F)cc3)C2)n1. The van der Waals surface area contributed by atoms with Gasteiger partial charge in [0, 0.05) is 18.7 Å². The molecule has 1 aromatic carbocycles. The van der Waals surface area contributed by atoms with E-state index in [1.165, 1.54) is 12.1 Å². The van der Waals surface area contributed by atoms with Gasteiger partial charge in [-0.3, -0.25) is 4.79 Å². The molecule has 1 aliphatic heterocycles. The van der Waals surface area contributed by atoms with Gasteiger partial charge < -0.3 is 9.64 Å². The van der Waals surface area contributed by atoms with Gasteiger partial charge in [0.1, 0.15) is 23.4 Å². The van der Waals surface area contributed by atoms with E-state index in [2.05, 4.69) is 9.97 Å². The van der Waals surface area contributed by atoms with Gasteiger partial charge in [-0.25, -0.2) is 14.4 Å². The van der Waals surface area contributed by atoms with Crippen molar-refractivity contribution >= 4 is 5.91 Å². The first-order valence-corrected chi connectivity index (χ1v) is 8.04. The number of morpholine rings is 1. The van der Waals surface area contributed by atoms with Crippen LogP contribution in [0, 0.1) is 5.82 Å². The van der Waals surface area contributed by atoms with E-state index in [1.807, 2.05) is 13.8 Å². The van der Waals surface area contributed by atoms with Gasteiger partial charge in [-0.1, -0.05) is 26.0 Å². The molecule has 1 saturated heterocycles. The second-order valence-corrected chi connectivity index (χ2v) is 6.12. The lowest BCUT2D eigenvalue weighted by atomic mass is 10.1. The molecular formula is C18H20FN3O2. The summed E-state index contributed by atoms with van der Waals surface area (Å²) in [5, 5.41) is 0. The van der Waals surface area contributed by atoms with E-state index in [0.717, 1.165) is 5.56 Å². The summed E-state index contributed by atoms with van der Waals surface area (Å²) in [5.41, 5.74) is 1.26. The zero-order valence-corrected chi connectivity index (χ0v) is 13.8. The largest absolute Gasteiger partial charge is 0.370 e. The molecule has 0 unspecified atom stereocenters. The number of halogens is 1. The molecule has 2 heterocycles. The number of hydrogen-bond acceptors (Lipinski definition) is 4. The fourth-order valence-corrected chi connectivity index (χ4v) is 2.65. The number of carbonyl (C=O) groups is 1. The summed E-state index contributed by atoms with van der Waals surface area (Å²) < 4.78 is 18.8. The fourth-order valence-electron chi connectivity index (χ4n) is 2.65. The first-order valence-electron chi connectivity index (χ1n) is 8.04. The molecule has 0 spiro atoms. The lowest BCUT2D eigenvalue weighted by Crippen LogP contribution is -2.42. The lowest BCUT2D eigenvalue weighted by Gasteiger charge is -2.33. The van der Waals surface area contributed by atoms with Crippen LogP contribution in [0.25, 0.3) is 0 Å². The topological polar surface area (TPSA) is 55.3 Å². The van der Waals surface area contributed by atoms with Crippen molar-refractivity contribution in [1.82, 2.24) is 14.9 Å². The quantitative estimate of drug-likeness (QED) is 0.869. The molecule has 0 N–H and O–H groups in total. The van der Waals surface area contributed by atoms with Gasteiger partial charge in [0.2, 0.25) is 0 Å². The maximum Gasteiger partial charge on any atom is 0.272 e. The number of ether oxygens (including phenoxy) is 1. The summed E-state index contributed by atoms with van der Waals surface area (Å²) in [7, 11) is 0. The van der Waals surface area contributed by atoms with Crippen LogP contribution in [0.2, 0.25) is 0 Å². The minimum Gasteiger partial charge on any atom is -0.370 e. The summed E-state index contributed by atoms with van der Waals surface area (Å²) in [4.78, 5) is 23.0. The van der Waals surface area contributed by atoms with Gasteiger partial charge in [0.05, 0.1) is 13.2 Å². The van der Waals surface area contributed by atoms with E-state index in [9.17, 15) is 9.18 Å². The van der Waals surface area contributed by atoms with E-state index < -0.39 is 0 Å². The molecule has 2 aromatic rings. The van der Waals surface area contributed by atoms with Crippen LogP contribution in [0.15, 0.2) is 36.5 Å². The average molecular weight is 329 g/mol. The molecule has 0 aliphatic carbocycles. The van der Waals surface area contributed by atoms with Gasteiger partial charge in [-0.05, 0) is 23.8 Å². The van der Waals surface area contributed by atoms with Crippen LogP contribution in [-0.2, 0) is 4.74 Å². The normalized spacial score (nSPS) is 18.0. The Labute approximate surface area is 140 Å². The van der Waals surface area contributed by atoms with E-state index in [0.29, 0.717) is 31.2 Å². The Bertz CT molecular complexity index is 718. The molecule has 1 aliphatic rings. The highest BCUT2D eigenvalue weighted by atomic mass is 19.1. The molecular weight excluding hydrogens is 309 g/mol. The van der Waals surface area contributed by atoms with Crippen LogP contribution in [0.5, 0.6) is 0 Å². The van der Waals surface area contributed by atoms with Crippen molar-refractivity contribution in [2.45, 2.75) is 25.9 Å². The Hall–Kier alpha value is -2.34. The van der Waals surface area contributed by atoms with Gasteiger partial charge >= 0.3 is 0 Å². The number of benzene rings is 1. The van der Waals surface area contributed by atoms with Crippen LogP contribution >= 0.6 is 0 Å². The third kappa shape index (κ3) is 3.59. The van der Waals surface area contributed by atoms with Gasteiger partial charge in [-0.2, -0.15) is 0 Å². The van der Waals surface area contributed by atoms with E-state index >= 15 is 0 Å². The second kappa shape index (κ2) is 7.05. The van der Waals surface area contributed by atoms with Crippen molar-refractivity contribution in [1.29, 1.82) is 0 Å². The Morgan fingerprint density at radius 3 is 2.75 bits per heavy atom. The zero-order valence-electron chi connectivity index (χ0n) is 13.8. The van der Waals surface area contributed by atoms with Gasteiger partial charge in [-0.15, -0.1) is 0 Å². The number of aromatic nitrogens is 2. The van der Waals surface area contributed by atoms with Gasteiger partial charge in [0.15, 0.2) is 0 Å². The second-order valence-electron chi connectivity index (χ2n) is 6.12. The Morgan fingerprint density at radius 1 is 1.29 bits per heavy atom. The van der Waals surface area contributed by atoms with Gasteiger partial charge in [0.25, 0.3) is 5.91 Å². The van der Waals surface area contributed by atoms with E-state index in [-0.39, 0.29) is 23.7 Å². The summed E-state index contributed by atoms with van der Waals surface area (Å²) in [6.45, 7) is 5.35. The van der Waals surface area contributed by atoms with Crippen LogP contribution in [0.1, 0.15) is 47.7 Å². The number of nitrogens with zero attached hydrogens (tertiary/aromatic N) is 3. The third-order valence-corrected chi connectivity index (χ3v) is 4.01. The molecule has 0 saturated carbocycles. The van der Waals surface area contributed by atoms with Crippen LogP contribution in [0.4, 0.5) is 4.39 Å². The molecule has 0 radical (unpaired) electrons. The average Bonchev–Trinajstić information content (AvgIpc) is 2.62. The number of amides is 1. The number of carbonyl (C=O) groups excluding carboxylic acids is 1. The fraction of sp³-hybridized carbons (Fsp3) is 0.389. The highest BCUT2D eigenvalue weighted by molar-refractivity contribution is 5.92. The number of hydrogen-bond donors (Lipinski definition) is 0. The molecule has 126 valence electrons. The van der Waals surface area contributed by atoms with Crippen LogP contribution < -0.4 is 0 Å². The molecule has 1 aromatic heterocycles. The van der Waals surface area contributed by atoms with Crippen LogP contribution in [0.3, 0.4) is 0 Å². The molecule has 0 bridgehead atoms. The maximum absolute atomic E-state index is 13.1. The van der Waals surface area contributed by atoms with Crippen molar-refractivity contribution < 1.29 is 13.9 Å². The summed E-state index contributed by atoms with van der Waals surface area (Å²) in [6, 6.07) is 7.82. The molecule has 6 heteroatoms. The molecule has 1 amide bonds. The molecule has 5 nitrogen and oxygen atoms in total. The summed E-state index contributed by atoms with van der Waals surface area (Å²) in [6.07, 6.45) is 1.36. The molecule has 24 heavy (non-hydrogen) atoms. The minimum absolute atomic E-state index is 0.130. The first-order chi connectivity index (χ1) is 11.5. The van der Waals surface area contributed by atoms with Crippen molar-refractivity contribution in [2.75, 3.05) is 19.7 Å².